The van der Waals surface area contributed by atoms with Crippen molar-refractivity contribution in [3.63, 3.8) is 0 Å². The predicted octanol–water partition coefficient (Wildman–Crippen LogP) is 18.5. The molecule has 0 heterocycles. The highest BCUT2D eigenvalue weighted by Crippen LogP contribution is 2.54. The van der Waals surface area contributed by atoms with E-state index in [9.17, 15) is 9.79 Å². The zero-order chi connectivity index (χ0) is 50.2. The molecule has 0 unspecified atom stereocenters. The number of benzene rings is 5. The van der Waals surface area contributed by atoms with Crippen molar-refractivity contribution in [2.45, 2.75) is 199 Å². The standard InChI is InChI=1S/C62H91O3P/c1-36(2)57(13,14)44-28-42-30-51(59(17,18)38(5)6)49(34-47(42)53(32-44)61(21,22)40(9)10)46-26-25-27-55(65-66(63)64)56(46)50-35-48-43(31-52(50)60(19,20)39(7)8)29-45(58(15,16)37(3)4)33-54(48)62(23,24)41(11)12/h25-41,63-64H,1-24H3. The van der Waals surface area contributed by atoms with Crippen LogP contribution in [0, 0.1) is 35.5 Å². The van der Waals surface area contributed by atoms with Crippen LogP contribution in [0.4, 0.5) is 0 Å². The summed E-state index contributed by atoms with van der Waals surface area (Å²) in [6.45, 7) is 56.8. The molecule has 0 aliphatic heterocycles. The van der Waals surface area contributed by atoms with Gasteiger partial charge < -0.3 is 14.3 Å². The molecule has 4 heteroatoms. The van der Waals surface area contributed by atoms with E-state index in [4.69, 9.17) is 4.52 Å². The summed E-state index contributed by atoms with van der Waals surface area (Å²) in [5.74, 6) is 2.76. The molecule has 362 valence electrons. The Morgan fingerprint density at radius 2 is 0.712 bits per heavy atom. The minimum atomic E-state index is -2.72. The number of fused-ring (bicyclic) bond motifs is 2. The van der Waals surface area contributed by atoms with E-state index in [1.807, 2.05) is 12.1 Å². The molecule has 0 radical (unpaired) electrons. The minimum absolute atomic E-state index is 0.0296. The van der Waals surface area contributed by atoms with Crippen LogP contribution in [-0.4, -0.2) is 9.79 Å². The first kappa shape index (κ1) is 53.7. The fourth-order valence-electron chi connectivity index (χ4n) is 9.24. The van der Waals surface area contributed by atoms with Crippen LogP contribution in [0.5, 0.6) is 5.75 Å². The first-order valence-corrected chi connectivity index (χ1v) is 26.5. The van der Waals surface area contributed by atoms with E-state index in [1.54, 1.807) is 0 Å². The van der Waals surface area contributed by atoms with Gasteiger partial charge in [-0.25, -0.2) is 0 Å². The lowest BCUT2D eigenvalue weighted by Crippen LogP contribution is -2.29. The molecule has 5 rings (SSSR count). The third-order valence-corrected chi connectivity index (χ3v) is 19.2. The lowest BCUT2D eigenvalue weighted by Gasteiger charge is -2.38. The van der Waals surface area contributed by atoms with Gasteiger partial charge in [0.1, 0.15) is 5.75 Å². The molecule has 0 saturated carbocycles. The quantitative estimate of drug-likeness (QED) is 0.0970. The van der Waals surface area contributed by atoms with Crippen LogP contribution in [0.15, 0.2) is 66.7 Å². The van der Waals surface area contributed by atoms with Crippen LogP contribution in [-0.2, 0) is 32.5 Å². The van der Waals surface area contributed by atoms with E-state index >= 15 is 0 Å². The van der Waals surface area contributed by atoms with Gasteiger partial charge in [0.2, 0.25) is 0 Å². The van der Waals surface area contributed by atoms with Crippen molar-refractivity contribution < 1.29 is 14.3 Å². The second kappa shape index (κ2) is 18.6. The van der Waals surface area contributed by atoms with Crippen LogP contribution < -0.4 is 4.52 Å². The van der Waals surface area contributed by atoms with Gasteiger partial charge in [-0.05, 0) is 170 Å². The Morgan fingerprint density at radius 1 is 0.379 bits per heavy atom. The topological polar surface area (TPSA) is 49.7 Å². The molecular weight excluding hydrogens is 824 g/mol. The molecule has 0 aromatic heterocycles. The molecule has 0 aliphatic rings. The summed E-state index contributed by atoms with van der Waals surface area (Å²) in [5, 5.41) is 5.01. The van der Waals surface area contributed by atoms with Gasteiger partial charge in [-0.15, -0.1) is 0 Å². The Kier molecular flexibility index (Phi) is 15.1. The highest BCUT2D eigenvalue weighted by molar-refractivity contribution is 7.39. The zero-order valence-corrected chi connectivity index (χ0v) is 47.0. The maximum Gasteiger partial charge on any atom is 0.391 e. The first-order valence-electron chi connectivity index (χ1n) is 25.3. The van der Waals surface area contributed by atoms with Gasteiger partial charge in [0.05, 0.1) is 0 Å². The third-order valence-electron chi connectivity index (χ3n) is 18.9. The molecule has 0 fully saturated rings. The van der Waals surface area contributed by atoms with Crippen molar-refractivity contribution in [3.05, 3.63) is 100 Å². The Hall–Kier alpha value is -3.23. The smallest absolute Gasteiger partial charge is 0.391 e. The Balaban J connectivity index is 2.14. The summed E-state index contributed by atoms with van der Waals surface area (Å²) < 4.78 is 6.25. The predicted molar refractivity (Wildman–Crippen MR) is 291 cm³/mol. The molecule has 0 spiro atoms. The van der Waals surface area contributed by atoms with E-state index in [0.29, 0.717) is 41.3 Å². The molecular formula is C62H91O3P. The molecule has 0 amide bonds. The van der Waals surface area contributed by atoms with Crippen molar-refractivity contribution in [3.8, 4) is 28.0 Å². The van der Waals surface area contributed by atoms with Gasteiger partial charge in [0.15, 0.2) is 0 Å². The van der Waals surface area contributed by atoms with Crippen molar-refractivity contribution in [2.24, 2.45) is 35.5 Å². The van der Waals surface area contributed by atoms with Crippen molar-refractivity contribution in [1.82, 2.24) is 0 Å². The van der Waals surface area contributed by atoms with Crippen LogP contribution in [0.3, 0.4) is 0 Å². The van der Waals surface area contributed by atoms with Gasteiger partial charge >= 0.3 is 8.60 Å². The second-order valence-electron chi connectivity index (χ2n) is 25.6. The van der Waals surface area contributed by atoms with Crippen LogP contribution in [0.2, 0.25) is 0 Å². The van der Waals surface area contributed by atoms with Crippen LogP contribution in [0.25, 0.3) is 43.8 Å². The zero-order valence-electron chi connectivity index (χ0n) is 46.1. The monoisotopic (exact) mass is 915 g/mol. The first-order chi connectivity index (χ1) is 30.0. The molecule has 0 atom stereocenters. The minimum Gasteiger partial charge on any atom is -0.426 e. The van der Waals surface area contributed by atoms with E-state index in [-0.39, 0.29) is 32.5 Å². The Bertz CT molecular complexity index is 2550. The summed E-state index contributed by atoms with van der Waals surface area (Å²) in [7, 11) is -2.72. The highest BCUT2D eigenvalue weighted by Gasteiger charge is 2.38. The van der Waals surface area contributed by atoms with Crippen LogP contribution in [0.1, 0.15) is 200 Å². The lowest BCUT2D eigenvalue weighted by molar-refractivity contribution is 0.362. The molecule has 0 saturated heterocycles. The van der Waals surface area contributed by atoms with Gasteiger partial charge in [0.25, 0.3) is 0 Å². The van der Waals surface area contributed by atoms with E-state index in [2.05, 4.69) is 221 Å². The van der Waals surface area contributed by atoms with Crippen molar-refractivity contribution in [1.29, 1.82) is 0 Å². The molecule has 5 aromatic carbocycles. The average Bonchev–Trinajstić information content (AvgIpc) is 3.20. The van der Waals surface area contributed by atoms with E-state index in [1.165, 1.54) is 54.9 Å². The average molecular weight is 915 g/mol. The maximum atomic E-state index is 10.8. The SMILES string of the molecule is CC(C)C(C)(C)c1cc(C(C)(C)C(C)C)c2cc(-c3cccc(OP(O)O)c3-c3cc4c(C(C)(C)C(C)C)cc(C(C)(C)C(C)C)cc4cc3C(C)(C)C(C)C)c(C(C)(C)C(C)C)cc2c1. The van der Waals surface area contributed by atoms with E-state index < -0.39 is 8.60 Å². The summed E-state index contributed by atoms with van der Waals surface area (Å²) in [6, 6.07) is 26.1. The summed E-state index contributed by atoms with van der Waals surface area (Å²) >= 11 is 0. The summed E-state index contributed by atoms with van der Waals surface area (Å²) in [5.41, 5.74) is 11.3. The van der Waals surface area contributed by atoms with Gasteiger partial charge in [-0.2, -0.15) is 0 Å². The number of rotatable bonds is 16. The van der Waals surface area contributed by atoms with Crippen LogP contribution >= 0.6 is 8.60 Å². The van der Waals surface area contributed by atoms with Crippen molar-refractivity contribution >= 4 is 30.1 Å². The van der Waals surface area contributed by atoms with Gasteiger partial charge in [-0.1, -0.05) is 203 Å². The van der Waals surface area contributed by atoms with Crippen molar-refractivity contribution in [2.75, 3.05) is 0 Å². The third kappa shape index (κ3) is 9.55. The fourth-order valence-corrected chi connectivity index (χ4v) is 9.57. The van der Waals surface area contributed by atoms with Gasteiger partial charge in [0, 0.05) is 5.56 Å². The number of hydrogen-bond donors (Lipinski definition) is 2. The highest BCUT2D eigenvalue weighted by atomic mass is 31.2. The molecule has 5 aromatic rings. The molecule has 0 bridgehead atoms. The van der Waals surface area contributed by atoms with Gasteiger partial charge in [-0.3, -0.25) is 0 Å². The van der Waals surface area contributed by atoms with E-state index in [0.717, 1.165) is 22.3 Å². The normalized spacial score (nSPS) is 14.0. The molecule has 2 N–H and O–H groups in total. The maximum absolute atomic E-state index is 10.8. The summed E-state index contributed by atoms with van der Waals surface area (Å²) in [4.78, 5) is 21.6. The molecule has 3 nitrogen and oxygen atoms in total. The Labute approximate surface area is 405 Å². The Morgan fingerprint density at radius 3 is 1.06 bits per heavy atom. The molecule has 0 aliphatic carbocycles. The summed E-state index contributed by atoms with van der Waals surface area (Å²) in [6.07, 6.45) is 0. The number of hydrogen-bond acceptors (Lipinski definition) is 3. The largest absolute Gasteiger partial charge is 0.426 e. The fraction of sp³-hybridized carbons (Fsp3) is 0.581. The molecule has 66 heavy (non-hydrogen) atoms. The lowest BCUT2D eigenvalue weighted by atomic mass is 9.66. The second-order valence-corrected chi connectivity index (χ2v) is 26.3.